The molecule has 2 aromatic heterocycles. The summed E-state index contributed by atoms with van der Waals surface area (Å²) in [5, 5.41) is 17.4. The zero-order valence-electron chi connectivity index (χ0n) is 32.2. The molecule has 1 aliphatic rings. The molecule has 4 heteroatoms. The standard InChI is InChI=1S/C54H37N3Se/c1-33-31-45-39-23-10-9-21-37(39)32-46(45)49(34(33)2)52-53(36-19-7-4-8-20-36)55-57-56-54(52)51-43(29-30-48-50(51)44-27-15-16-28-47(44)58-48)42-26-14-13-25-41(42)40-24-12-11-22-38(40)35-17-5-3-6-18-35/h3-31H,32H2,1-2H3. The van der Waals surface area contributed by atoms with Crippen molar-refractivity contribution in [1.82, 2.24) is 15.4 Å². The van der Waals surface area contributed by atoms with Gasteiger partial charge in [-0.15, -0.1) is 0 Å². The Hall–Kier alpha value is -6.71. The average Bonchev–Trinajstić information content (AvgIpc) is 3.85. The second kappa shape index (κ2) is 14.0. The van der Waals surface area contributed by atoms with Gasteiger partial charge in [0.05, 0.1) is 0 Å². The molecule has 0 saturated carbocycles. The number of aromatic nitrogens is 3. The molecule has 0 bridgehead atoms. The first-order chi connectivity index (χ1) is 28.6. The molecule has 58 heavy (non-hydrogen) atoms. The summed E-state index contributed by atoms with van der Waals surface area (Å²) in [5.41, 5.74) is 20.9. The molecular weight excluding hydrogens is 770 g/mol. The van der Waals surface area contributed by atoms with E-state index in [0.717, 1.165) is 45.6 Å². The number of benzene rings is 8. The number of aryl methyl sites for hydroxylation is 1. The van der Waals surface area contributed by atoms with Crippen molar-refractivity contribution in [2.75, 3.05) is 0 Å². The molecule has 0 aliphatic heterocycles. The van der Waals surface area contributed by atoms with Gasteiger partial charge >= 0.3 is 346 Å². The van der Waals surface area contributed by atoms with E-state index in [0.29, 0.717) is 0 Å². The van der Waals surface area contributed by atoms with Crippen molar-refractivity contribution in [3.63, 3.8) is 0 Å². The Morgan fingerprint density at radius 2 is 1.02 bits per heavy atom. The molecule has 1 aliphatic carbocycles. The molecule has 3 nitrogen and oxygen atoms in total. The van der Waals surface area contributed by atoms with Crippen LogP contribution in [0.15, 0.2) is 176 Å². The molecule has 0 amide bonds. The molecule has 0 atom stereocenters. The molecule has 0 fully saturated rings. The van der Waals surface area contributed by atoms with Gasteiger partial charge in [-0.2, -0.15) is 0 Å². The molecule has 0 N–H and O–H groups in total. The molecule has 0 saturated heterocycles. The number of fused-ring (bicyclic) bond motifs is 6. The zero-order chi connectivity index (χ0) is 38.7. The first kappa shape index (κ1) is 34.5. The molecule has 2 heterocycles. The summed E-state index contributed by atoms with van der Waals surface area (Å²) in [7, 11) is 0. The van der Waals surface area contributed by atoms with Gasteiger partial charge < -0.3 is 0 Å². The van der Waals surface area contributed by atoms with Crippen LogP contribution in [0.1, 0.15) is 22.3 Å². The Bertz CT molecular complexity index is 3220. The Kier molecular flexibility index (Phi) is 8.36. The second-order valence-corrected chi connectivity index (χ2v) is 17.5. The van der Waals surface area contributed by atoms with Crippen LogP contribution in [-0.2, 0) is 6.42 Å². The van der Waals surface area contributed by atoms with Crippen LogP contribution in [0.25, 0.3) is 97.4 Å². The maximum absolute atomic E-state index is 5.21. The minimum atomic E-state index is 0.143. The number of hydrogen-bond acceptors (Lipinski definition) is 3. The number of nitrogens with zero attached hydrogens (tertiary/aromatic N) is 3. The SMILES string of the molecule is Cc1cc2c(c(-c3c(-c4ccccc4)nnnc3-c3c(-c4ccccc4-c4ccccc4-c4ccccc4)ccc4[se]c5ccccc5c34)c1C)Cc1ccccc1-2. The average molecular weight is 807 g/mol. The Labute approximate surface area is 344 Å². The van der Waals surface area contributed by atoms with Crippen molar-refractivity contribution in [3.8, 4) is 78.1 Å². The third kappa shape index (κ3) is 5.52. The topological polar surface area (TPSA) is 38.7 Å². The van der Waals surface area contributed by atoms with E-state index >= 15 is 0 Å². The maximum atomic E-state index is 5.21. The molecule has 10 aromatic rings. The van der Waals surface area contributed by atoms with Crippen LogP contribution in [0.3, 0.4) is 0 Å². The van der Waals surface area contributed by atoms with Crippen molar-refractivity contribution in [2.24, 2.45) is 0 Å². The van der Waals surface area contributed by atoms with Gasteiger partial charge in [-0.1, -0.05) is 0 Å². The quantitative estimate of drug-likeness (QED) is 0.157. The first-order valence-corrected chi connectivity index (χ1v) is 21.5. The molecule has 0 radical (unpaired) electrons. The van der Waals surface area contributed by atoms with Gasteiger partial charge in [0.2, 0.25) is 0 Å². The fourth-order valence-electron chi connectivity index (χ4n) is 9.22. The fraction of sp³-hybridized carbons (Fsp3) is 0.0556. The van der Waals surface area contributed by atoms with Crippen LogP contribution < -0.4 is 0 Å². The Morgan fingerprint density at radius 3 is 1.78 bits per heavy atom. The normalized spacial score (nSPS) is 11.9. The van der Waals surface area contributed by atoms with Gasteiger partial charge in [0.25, 0.3) is 0 Å². The van der Waals surface area contributed by atoms with E-state index < -0.39 is 0 Å². The molecule has 11 rings (SSSR count). The number of hydrogen-bond donors (Lipinski definition) is 0. The summed E-state index contributed by atoms with van der Waals surface area (Å²) in [6, 6.07) is 63.9. The predicted octanol–water partition coefficient (Wildman–Crippen LogP) is 13.4. The molecule has 0 unspecified atom stereocenters. The monoisotopic (exact) mass is 807 g/mol. The van der Waals surface area contributed by atoms with E-state index in [1.165, 1.54) is 80.5 Å². The van der Waals surface area contributed by atoms with Crippen molar-refractivity contribution in [3.05, 3.63) is 198 Å². The van der Waals surface area contributed by atoms with Gasteiger partial charge in [0.15, 0.2) is 0 Å². The Morgan fingerprint density at radius 1 is 0.431 bits per heavy atom. The molecular formula is C54H37N3Se. The van der Waals surface area contributed by atoms with E-state index in [9.17, 15) is 0 Å². The van der Waals surface area contributed by atoms with Gasteiger partial charge in [0, 0.05) is 0 Å². The third-order valence-corrected chi connectivity index (χ3v) is 14.4. The molecule has 0 spiro atoms. The van der Waals surface area contributed by atoms with Gasteiger partial charge in [-0.25, -0.2) is 0 Å². The van der Waals surface area contributed by atoms with Crippen LogP contribution >= 0.6 is 0 Å². The van der Waals surface area contributed by atoms with Crippen LogP contribution in [0.4, 0.5) is 0 Å². The second-order valence-electron chi connectivity index (χ2n) is 15.2. The first-order valence-electron chi connectivity index (χ1n) is 19.8. The van der Waals surface area contributed by atoms with Gasteiger partial charge in [-0.3, -0.25) is 0 Å². The summed E-state index contributed by atoms with van der Waals surface area (Å²) >= 11 is 0.143. The van der Waals surface area contributed by atoms with Crippen molar-refractivity contribution in [2.45, 2.75) is 20.3 Å². The van der Waals surface area contributed by atoms with E-state index in [4.69, 9.17) is 10.2 Å². The predicted molar refractivity (Wildman–Crippen MR) is 242 cm³/mol. The van der Waals surface area contributed by atoms with Crippen molar-refractivity contribution in [1.29, 1.82) is 0 Å². The summed E-state index contributed by atoms with van der Waals surface area (Å²) in [5.74, 6) is 0. The van der Waals surface area contributed by atoms with Gasteiger partial charge in [-0.05, 0) is 0 Å². The molecule has 8 aromatic carbocycles. The van der Waals surface area contributed by atoms with E-state index in [2.05, 4.69) is 195 Å². The van der Waals surface area contributed by atoms with E-state index in [1.807, 2.05) is 0 Å². The van der Waals surface area contributed by atoms with E-state index in [1.54, 1.807) is 0 Å². The Balaban J connectivity index is 1.28. The summed E-state index contributed by atoms with van der Waals surface area (Å²) < 4.78 is 2.75. The van der Waals surface area contributed by atoms with Crippen LogP contribution in [0.2, 0.25) is 0 Å². The van der Waals surface area contributed by atoms with Crippen LogP contribution in [0.5, 0.6) is 0 Å². The summed E-state index contributed by atoms with van der Waals surface area (Å²) in [6.07, 6.45) is 0.850. The molecule has 274 valence electrons. The van der Waals surface area contributed by atoms with Crippen molar-refractivity contribution >= 4 is 33.8 Å². The summed E-state index contributed by atoms with van der Waals surface area (Å²) in [4.78, 5) is 0. The minimum absolute atomic E-state index is 0.143. The van der Waals surface area contributed by atoms with Crippen LogP contribution in [0, 0.1) is 13.8 Å². The number of rotatable bonds is 6. The zero-order valence-corrected chi connectivity index (χ0v) is 33.9. The third-order valence-electron chi connectivity index (χ3n) is 12.0. The fourth-order valence-corrected chi connectivity index (χ4v) is 11.6. The summed E-state index contributed by atoms with van der Waals surface area (Å²) in [6.45, 7) is 4.52. The van der Waals surface area contributed by atoms with Crippen molar-refractivity contribution < 1.29 is 0 Å². The van der Waals surface area contributed by atoms with E-state index in [-0.39, 0.29) is 14.5 Å². The van der Waals surface area contributed by atoms with Crippen LogP contribution in [-0.4, -0.2) is 29.9 Å². The van der Waals surface area contributed by atoms with Gasteiger partial charge in [0.1, 0.15) is 0 Å².